The molecule has 25 heavy (non-hydrogen) atoms. The molecule has 0 radical (unpaired) electrons. The third kappa shape index (κ3) is 4.39. The fourth-order valence-electron chi connectivity index (χ4n) is 3.68. The van der Waals surface area contributed by atoms with Crippen molar-refractivity contribution in [3.05, 3.63) is 22.7 Å². The molecular formula is C19H27ClN2O3. The number of carbonyl (C=O) groups excluding carboxylic acids is 1. The summed E-state index contributed by atoms with van der Waals surface area (Å²) in [5.41, 5.74) is 0.504. The molecule has 2 aliphatic heterocycles. The predicted octanol–water partition coefficient (Wildman–Crippen LogP) is 3.40. The molecule has 2 aliphatic rings. The highest BCUT2D eigenvalue weighted by Gasteiger charge is 2.34. The van der Waals surface area contributed by atoms with Gasteiger partial charge in [-0.3, -0.25) is 4.79 Å². The van der Waals surface area contributed by atoms with Crippen LogP contribution in [-0.4, -0.2) is 37.7 Å². The van der Waals surface area contributed by atoms with Crippen LogP contribution in [0.5, 0.6) is 11.5 Å². The Labute approximate surface area is 154 Å². The topological polar surface area (TPSA) is 59.6 Å². The summed E-state index contributed by atoms with van der Waals surface area (Å²) in [5, 5.41) is 7.13. The lowest BCUT2D eigenvalue weighted by molar-refractivity contribution is 0.0923. The minimum atomic E-state index is -0.109. The van der Waals surface area contributed by atoms with Crippen LogP contribution in [0.25, 0.3) is 0 Å². The van der Waals surface area contributed by atoms with Crippen molar-refractivity contribution in [1.29, 1.82) is 0 Å². The van der Waals surface area contributed by atoms with Gasteiger partial charge in [0.1, 0.15) is 0 Å². The second-order valence-electron chi connectivity index (χ2n) is 7.47. The number of carbonyl (C=O) groups is 1. The van der Waals surface area contributed by atoms with Gasteiger partial charge in [-0.05, 0) is 43.7 Å². The van der Waals surface area contributed by atoms with E-state index < -0.39 is 0 Å². The summed E-state index contributed by atoms with van der Waals surface area (Å²) in [7, 11) is 1.56. The summed E-state index contributed by atoms with van der Waals surface area (Å²) in [5.74, 6) is 1.25. The summed E-state index contributed by atoms with van der Waals surface area (Å²) >= 11 is 6.34. The summed E-state index contributed by atoms with van der Waals surface area (Å²) in [4.78, 5) is 12.7. The smallest absolute Gasteiger partial charge is 0.251 e. The molecule has 6 heteroatoms. The van der Waals surface area contributed by atoms with Gasteiger partial charge in [-0.2, -0.15) is 0 Å². The molecule has 2 saturated heterocycles. The van der Waals surface area contributed by atoms with Crippen molar-refractivity contribution in [2.75, 3.05) is 13.7 Å². The summed E-state index contributed by atoms with van der Waals surface area (Å²) in [6.45, 7) is 4.67. The van der Waals surface area contributed by atoms with E-state index in [1.165, 1.54) is 12.8 Å². The Kier molecular flexibility index (Phi) is 5.74. The van der Waals surface area contributed by atoms with Crippen LogP contribution in [-0.2, 0) is 0 Å². The Balaban J connectivity index is 1.70. The number of hydrogen-bond acceptors (Lipinski definition) is 4. The first-order chi connectivity index (χ1) is 12.0. The van der Waals surface area contributed by atoms with Gasteiger partial charge >= 0.3 is 0 Å². The Morgan fingerprint density at radius 3 is 2.60 bits per heavy atom. The van der Waals surface area contributed by atoms with Crippen LogP contribution in [0.4, 0.5) is 0 Å². The largest absolute Gasteiger partial charge is 0.493 e. The lowest BCUT2D eigenvalue weighted by Gasteiger charge is -2.29. The van der Waals surface area contributed by atoms with Crippen molar-refractivity contribution >= 4 is 17.5 Å². The SMILES string of the molecule is COc1cc(C(=O)NC2CC3CCC(C2)N3)cc(Cl)c1OCC(C)C. The second kappa shape index (κ2) is 7.83. The lowest BCUT2D eigenvalue weighted by atomic mass is 9.99. The maximum absolute atomic E-state index is 12.7. The van der Waals surface area contributed by atoms with Crippen LogP contribution < -0.4 is 20.1 Å². The number of amides is 1. The van der Waals surface area contributed by atoms with Gasteiger partial charge < -0.3 is 20.1 Å². The van der Waals surface area contributed by atoms with Gasteiger partial charge in [0, 0.05) is 23.7 Å². The number of nitrogens with one attached hydrogen (secondary N) is 2. The molecule has 0 saturated carbocycles. The van der Waals surface area contributed by atoms with E-state index in [4.69, 9.17) is 21.1 Å². The summed E-state index contributed by atoms with van der Waals surface area (Å²) < 4.78 is 11.1. The molecule has 2 heterocycles. The zero-order chi connectivity index (χ0) is 18.0. The van der Waals surface area contributed by atoms with Crippen molar-refractivity contribution in [3.63, 3.8) is 0 Å². The predicted molar refractivity (Wildman–Crippen MR) is 98.8 cm³/mol. The molecule has 0 spiro atoms. The normalized spacial score (nSPS) is 25.1. The number of fused-ring (bicyclic) bond motifs is 2. The molecule has 0 aliphatic carbocycles. The van der Waals surface area contributed by atoms with E-state index in [9.17, 15) is 4.79 Å². The molecule has 1 amide bonds. The zero-order valence-electron chi connectivity index (χ0n) is 15.1. The average Bonchev–Trinajstić information content (AvgIpc) is 2.91. The van der Waals surface area contributed by atoms with Crippen LogP contribution in [0.2, 0.25) is 5.02 Å². The number of ether oxygens (including phenoxy) is 2. The lowest BCUT2D eigenvalue weighted by Crippen LogP contribution is -2.48. The van der Waals surface area contributed by atoms with Crippen LogP contribution in [0.15, 0.2) is 12.1 Å². The van der Waals surface area contributed by atoms with Gasteiger partial charge in [0.15, 0.2) is 11.5 Å². The minimum absolute atomic E-state index is 0.109. The molecule has 1 aromatic rings. The maximum atomic E-state index is 12.7. The van der Waals surface area contributed by atoms with Gasteiger partial charge in [-0.1, -0.05) is 25.4 Å². The van der Waals surface area contributed by atoms with Crippen LogP contribution in [0.3, 0.4) is 0 Å². The van der Waals surface area contributed by atoms with Crippen LogP contribution in [0.1, 0.15) is 49.9 Å². The Bertz CT molecular complexity index is 623. The minimum Gasteiger partial charge on any atom is -0.493 e. The van der Waals surface area contributed by atoms with E-state index in [2.05, 4.69) is 24.5 Å². The van der Waals surface area contributed by atoms with Gasteiger partial charge in [-0.25, -0.2) is 0 Å². The standard InChI is InChI=1S/C19H27ClN2O3/c1-11(2)10-25-18-16(20)6-12(7-17(18)24-3)19(23)22-15-8-13-4-5-14(9-15)21-13/h6-7,11,13-15,21H,4-5,8-10H2,1-3H3,(H,22,23). The number of hydrogen-bond donors (Lipinski definition) is 2. The second-order valence-corrected chi connectivity index (χ2v) is 7.88. The van der Waals surface area contributed by atoms with Crippen molar-refractivity contribution in [2.45, 2.75) is 57.7 Å². The van der Waals surface area contributed by atoms with Crippen molar-refractivity contribution in [2.24, 2.45) is 5.92 Å². The Morgan fingerprint density at radius 2 is 2.00 bits per heavy atom. The summed E-state index contributed by atoms with van der Waals surface area (Å²) in [6, 6.07) is 4.65. The van der Waals surface area contributed by atoms with E-state index in [0.29, 0.717) is 46.7 Å². The fraction of sp³-hybridized carbons (Fsp3) is 0.632. The Morgan fingerprint density at radius 1 is 1.32 bits per heavy atom. The van der Waals surface area contributed by atoms with E-state index >= 15 is 0 Å². The molecule has 2 bridgehead atoms. The molecule has 2 fully saturated rings. The van der Waals surface area contributed by atoms with Gasteiger partial charge in [0.25, 0.3) is 5.91 Å². The van der Waals surface area contributed by atoms with Gasteiger partial charge in [0.05, 0.1) is 18.7 Å². The van der Waals surface area contributed by atoms with E-state index in [0.717, 1.165) is 12.8 Å². The quantitative estimate of drug-likeness (QED) is 0.810. The highest BCUT2D eigenvalue weighted by atomic mass is 35.5. The first kappa shape index (κ1) is 18.3. The van der Waals surface area contributed by atoms with E-state index in [1.54, 1.807) is 19.2 Å². The molecule has 1 aromatic carbocycles. The third-order valence-corrected chi connectivity index (χ3v) is 5.14. The number of piperidine rings is 1. The fourth-order valence-corrected chi connectivity index (χ4v) is 3.95. The molecule has 2 unspecified atom stereocenters. The van der Waals surface area contributed by atoms with Crippen molar-refractivity contribution in [1.82, 2.24) is 10.6 Å². The molecular weight excluding hydrogens is 340 g/mol. The molecule has 2 N–H and O–H groups in total. The van der Waals surface area contributed by atoms with Crippen LogP contribution in [0, 0.1) is 5.92 Å². The Hall–Kier alpha value is -1.46. The van der Waals surface area contributed by atoms with Gasteiger partial charge in [0.2, 0.25) is 0 Å². The van der Waals surface area contributed by atoms with Crippen molar-refractivity contribution in [3.8, 4) is 11.5 Å². The van der Waals surface area contributed by atoms with Gasteiger partial charge in [-0.15, -0.1) is 0 Å². The number of halogens is 1. The molecule has 0 aromatic heterocycles. The van der Waals surface area contributed by atoms with Crippen LogP contribution >= 0.6 is 11.6 Å². The maximum Gasteiger partial charge on any atom is 0.251 e. The molecule has 5 nitrogen and oxygen atoms in total. The van der Waals surface area contributed by atoms with Crippen molar-refractivity contribution < 1.29 is 14.3 Å². The average molecular weight is 367 g/mol. The highest BCUT2D eigenvalue weighted by Crippen LogP contribution is 2.37. The van der Waals surface area contributed by atoms with E-state index in [-0.39, 0.29) is 11.9 Å². The number of benzene rings is 1. The highest BCUT2D eigenvalue weighted by molar-refractivity contribution is 6.32. The zero-order valence-corrected chi connectivity index (χ0v) is 15.9. The number of rotatable bonds is 6. The summed E-state index contributed by atoms with van der Waals surface area (Å²) in [6.07, 6.45) is 4.39. The molecule has 3 rings (SSSR count). The number of methoxy groups -OCH3 is 1. The van der Waals surface area contributed by atoms with E-state index in [1.807, 2.05) is 0 Å². The first-order valence-electron chi connectivity index (χ1n) is 9.03. The first-order valence-corrected chi connectivity index (χ1v) is 9.41. The third-order valence-electron chi connectivity index (χ3n) is 4.86. The monoisotopic (exact) mass is 366 g/mol. The molecule has 138 valence electrons. The molecule has 2 atom stereocenters.